The molecule has 2 fully saturated rings. The minimum atomic E-state index is -5.08. The molecule has 1 unspecified atom stereocenters. The van der Waals surface area contributed by atoms with E-state index in [4.69, 9.17) is 15.6 Å². The number of aliphatic hydroxyl groups excluding tert-OH is 1. The maximum absolute atomic E-state index is 14.7. The van der Waals surface area contributed by atoms with Crippen molar-refractivity contribution in [2.45, 2.75) is 52.1 Å². The Labute approximate surface area is 225 Å². The number of fused-ring (bicyclic) bond motifs is 1. The maximum Gasteiger partial charge on any atom is 0.490 e. The second kappa shape index (κ2) is 11.6. The number of benzene rings is 1. The third-order valence-electron chi connectivity index (χ3n) is 7.24. The van der Waals surface area contributed by atoms with Crippen molar-refractivity contribution in [2.24, 2.45) is 22.5 Å². The first-order valence-electron chi connectivity index (χ1n) is 12.5. The van der Waals surface area contributed by atoms with Gasteiger partial charge in [0.1, 0.15) is 5.82 Å². The van der Waals surface area contributed by atoms with Crippen LogP contribution in [0.1, 0.15) is 46.0 Å². The molecular weight excluding hydrogens is 548 g/mol. The van der Waals surface area contributed by atoms with Gasteiger partial charge in [-0.3, -0.25) is 4.79 Å². The fourth-order valence-electron chi connectivity index (χ4n) is 4.53. The molecule has 5 N–H and O–H groups in total. The van der Waals surface area contributed by atoms with Gasteiger partial charge in [0.2, 0.25) is 11.9 Å². The molecule has 2 aromatic rings. The molecule has 1 amide bonds. The van der Waals surface area contributed by atoms with Gasteiger partial charge in [0.15, 0.2) is 17.5 Å². The van der Waals surface area contributed by atoms with Crippen molar-refractivity contribution >= 4 is 34.5 Å². The number of halogens is 6. The van der Waals surface area contributed by atoms with Crippen LogP contribution >= 0.6 is 0 Å². The Morgan fingerprint density at radius 3 is 2.33 bits per heavy atom. The summed E-state index contributed by atoms with van der Waals surface area (Å²) in [5.74, 6) is -6.82. The van der Waals surface area contributed by atoms with Gasteiger partial charge in [-0.1, -0.05) is 13.8 Å². The first-order valence-corrected chi connectivity index (χ1v) is 12.5. The van der Waals surface area contributed by atoms with Gasteiger partial charge in [0.05, 0.1) is 17.5 Å². The summed E-state index contributed by atoms with van der Waals surface area (Å²) in [4.78, 5) is 31.4. The molecule has 1 atom stereocenters. The first-order chi connectivity index (χ1) is 18.5. The Hall–Kier alpha value is -3.36. The van der Waals surface area contributed by atoms with E-state index in [-0.39, 0.29) is 46.5 Å². The zero-order chi connectivity index (χ0) is 30.0. The Morgan fingerprint density at radius 2 is 1.80 bits per heavy atom. The summed E-state index contributed by atoms with van der Waals surface area (Å²) >= 11 is 0. The second-order valence-corrected chi connectivity index (χ2v) is 11.0. The number of amides is 1. The summed E-state index contributed by atoms with van der Waals surface area (Å²) in [5, 5.41) is 19.6. The molecule has 1 aliphatic heterocycles. The number of primary amides is 1. The third kappa shape index (κ3) is 7.23. The highest BCUT2D eigenvalue weighted by Gasteiger charge is 2.42. The van der Waals surface area contributed by atoms with Crippen molar-refractivity contribution in [3.05, 3.63) is 23.5 Å². The minimum absolute atomic E-state index is 0.0230. The lowest BCUT2D eigenvalue weighted by Gasteiger charge is -2.36. The molecule has 9 nitrogen and oxygen atoms in total. The Morgan fingerprint density at radius 1 is 1.18 bits per heavy atom. The lowest BCUT2D eigenvalue weighted by atomic mass is 9.79. The minimum Gasteiger partial charge on any atom is -0.475 e. The van der Waals surface area contributed by atoms with E-state index in [9.17, 15) is 36.2 Å². The van der Waals surface area contributed by atoms with Gasteiger partial charge in [-0.25, -0.2) is 22.9 Å². The van der Waals surface area contributed by atoms with Crippen LogP contribution in [-0.4, -0.2) is 64.5 Å². The molecule has 1 aromatic heterocycles. The predicted octanol–water partition coefficient (Wildman–Crippen LogP) is 3.98. The fourth-order valence-corrected chi connectivity index (χ4v) is 4.53. The normalized spacial score (nSPS) is 18.6. The van der Waals surface area contributed by atoms with E-state index in [1.165, 1.54) is 0 Å². The van der Waals surface area contributed by atoms with Gasteiger partial charge < -0.3 is 26.2 Å². The number of alkyl halides is 3. The largest absolute Gasteiger partial charge is 0.490 e. The number of aliphatic carboxylic acids is 1. The highest BCUT2D eigenvalue weighted by molar-refractivity contribution is 5.91. The van der Waals surface area contributed by atoms with E-state index in [1.807, 2.05) is 18.7 Å². The average molecular weight is 580 g/mol. The van der Waals surface area contributed by atoms with Crippen LogP contribution in [0.2, 0.25) is 0 Å². The van der Waals surface area contributed by atoms with E-state index >= 15 is 0 Å². The number of carboxylic acid groups (broad SMARTS) is 1. The van der Waals surface area contributed by atoms with Gasteiger partial charge >= 0.3 is 12.1 Å². The number of carboxylic acids is 1. The van der Waals surface area contributed by atoms with Crippen molar-refractivity contribution in [1.29, 1.82) is 0 Å². The number of carbonyl (C=O) groups excluding carboxylic acids is 1. The van der Waals surface area contributed by atoms with Crippen LogP contribution in [-0.2, 0) is 9.59 Å². The van der Waals surface area contributed by atoms with E-state index in [0.717, 1.165) is 31.7 Å². The smallest absolute Gasteiger partial charge is 0.475 e. The van der Waals surface area contributed by atoms with E-state index in [0.29, 0.717) is 26.1 Å². The Balaban J connectivity index is 0.000000559. The topological polar surface area (TPSA) is 142 Å². The second-order valence-electron chi connectivity index (χ2n) is 11.0. The third-order valence-corrected chi connectivity index (χ3v) is 7.24. The summed E-state index contributed by atoms with van der Waals surface area (Å²) in [6, 6.07) is 0.876. The number of aromatic nitrogens is 2. The average Bonchev–Trinajstić information content (AvgIpc) is 3.65. The number of rotatable bonds is 8. The number of hydrogen-bond acceptors (Lipinski definition) is 7. The molecule has 1 saturated heterocycles. The van der Waals surface area contributed by atoms with Crippen molar-refractivity contribution in [2.75, 3.05) is 36.5 Å². The zero-order valence-electron chi connectivity index (χ0n) is 21.9. The van der Waals surface area contributed by atoms with Crippen molar-refractivity contribution in [3.63, 3.8) is 0 Å². The fraction of sp³-hybridized carbons (Fsp3) is 0.600. The molecule has 1 aliphatic carbocycles. The number of piperidine rings is 1. The highest BCUT2D eigenvalue weighted by Crippen LogP contribution is 2.45. The lowest BCUT2D eigenvalue weighted by molar-refractivity contribution is -0.192. The van der Waals surface area contributed by atoms with Gasteiger partial charge in [-0.2, -0.15) is 18.2 Å². The van der Waals surface area contributed by atoms with Crippen LogP contribution in [0, 0.1) is 34.2 Å². The van der Waals surface area contributed by atoms with Crippen molar-refractivity contribution < 1.29 is 46.1 Å². The van der Waals surface area contributed by atoms with Crippen LogP contribution in [0.25, 0.3) is 10.9 Å². The van der Waals surface area contributed by atoms with Crippen LogP contribution in [0.4, 0.5) is 38.1 Å². The summed E-state index contributed by atoms with van der Waals surface area (Å²) in [5.41, 5.74) is 4.54. The Kier molecular flexibility index (Phi) is 9.06. The predicted molar refractivity (Wildman–Crippen MR) is 133 cm³/mol. The quantitative estimate of drug-likeness (QED) is 0.272. The van der Waals surface area contributed by atoms with Gasteiger partial charge in [0.25, 0.3) is 0 Å². The number of aliphatic hydroxyl groups is 1. The van der Waals surface area contributed by atoms with E-state index < -0.39 is 35.0 Å². The van der Waals surface area contributed by atoms with Crippen LogP contribution in [0.5, 0.6) is 0 Å². The van der Waals surface area contributed by atoms with Crippen molar-refractivity contribution in [3.8, 4) is 0 Å². The molecule has 15 heteroatoms. The number of nitrogens with two attached hydrogens (primary N) is 1. The molecular formula is C25H31F6N5O4. The molecule has 1 aromatic carbocycles. The van der Waals surface area contributed by atoms with Crippen molar-refractivity contribution in [1.82, 2.24) is 9.97 Å². The maximum atomic E-state index is 14.7. The molecule has 0 spiro atoms. The lowest BCUT2D eigenvalue weighted by Crippen LogP contribution is -2.41. The van der Waals surface area contributed by atoms with E-state index in [1.54, 1.807) is 0 Å². The van der Waals surface area contributed by atoms with Crippen LogP contribution in [0.3, 0.4) is 0 Å². The Bertz CT molecular complexity index is 1270. The van der Waals surface area contributed by atoms with Crippen LogP contribution < -0.4 is 16.0 Å². The summed E-state index contributed by atoms with van der Waals surface area (Å²) in [6.07, 6.45) is -1.09. The number of anilines is 2. The molecule has 2 aliphatic rings. The SMILES string of the molecule is CC(C)(CC1CCCN(c2nc(NCC3(CO)CC3)c3c(F)c(F)c(F)cc3n2)C1)C(N)=O.O=C(O)C(F)(F)F. The van der Waals surface area contributed by atoms with Gasteiger partial charge in [-0.05, 0) is 38.0 Å². The van der Waals surface area contributed by atoms with Gasteiger partial charge in [0, 0.05) is 36.5 Å². The zero-order valence-corrected chi connectivity index (χ0v) is 21.9. The first kappa shape index (κ1) is 31.2. The molecule has 0 radical (unpaired) electrons. The van der Waals surface area contributed by atoms with E-state index in [2.05, 4.69) is 15.3 Å². The molecule has 1 saturated carbocycles. The molecule has 2 heterocycles. The molecule has 222 valence electrons. The summed E-state index contributed by atoms with van der Waals surface area (Å²) in [6.45, 7) is 5.16. The molecule has 4 rings (SSSR count). The number of nitrogens with one attached hydrogen (secondary N) is 1. The molecule has 0 bridgehead atoms. The monoisotopic (exact) mass is 579 g/mol. The summed E-state index contributed by atoms with van der Waals surface area (Å²) in [7, 11) is 0. The summed E-state index contributed by atoms with van der Waals surface area (Å²) < 4.78 is 74.4. The number of nitrogens with zero attached hydrogens (tertiary/aromatic N) is 3. The van der Waals surface area contributed by atoms with Crippen LogP contribution in [0.15, 0.2) is 6.07 Å². The molecule has 40 heavy (non-hydrogen) atoms. The van der Waals surface area contributed by atoms with Gasteiger partial charge in [-0.15, -0.1) is 0 Å². The standard InChI is InChI=1S/C23H30F3N5O2.C2HF3O2/c1-22(2,20(27)33)9-13-4-3-7-31(10-13)21-29-15-8-14(24)17(25)18(26)16(15)19(30-21)28-11-23(12-32)5-6-23;3-2(4,5)1(6)7/h8,13,32H,3-7,9-12H2,1-2H3,(H2,27,33)(H,28,29,30);(H,6,7). The number of carbonyl (C=O) groups is 2. The number of hydrogen-bond donors (Lipinski definition) is 4. The highest BCUT2D eigenvalue weighted by atomic mass is 19.4.